The maximum absolute atomic E-state index is 5.42. The van der Waals surface area contributed by atoms with E-state index < -0.39 is 12.3 Å². The van der Waals surface area contributed by atoms with Crippen molar-refractivity contribution in [2.24, 2.45) is 28.9 Å². The fraction of sp³-hybridized carbons (Fsp3) is 1.00. The summed E-state index contributed by atoms with van der Waals surface area (Å²) in [5.74, 6) is -0.111. The first-order valence-electron chi connectivity index (χ1n) is 3.27. The number of epoxide rings is 1. The Labute approximate surface area is 59.7 Å². The summed E-state index contributed by atoms with van der Waals surface area (Å²) in [6.45, 7) is 0.681. The molecule has 0 saturated carbocycles. The Bertz CT molecular complexity index is 101. The molecule has 0 aromatic heterocycles. The highest BCUT2D eigenvalue weighted by atomic mass is 16.6. The summed E-state index contributed by atoms with van der Waals surface area (Å²) in [5.41, 5.74) is 21.7. The molecule has 10 heavy (non-hydrogen) atoms. The van der Waals surface area contributed by atoms with Gasteiger partial charge >= 0.3 is 0 Å². The van der Waals surface area contributed by atoms with Crippen LogP contribution in [-0.4, -0.2) is 25.0 Å². The van der Waals surface area contributed by atoms with Gasteiger partial charge in [-0.1, -0.05) is 0 Å². The maximum Gasteiger partial charge on any atom is 0.0893 e. The molecule has 5 heteroatoms. The first-order valence-corrected chi connectivity index (χ1v) is 3.27. The van der Waals surface area contributed by atoms with Crippen LogP contribution in [0.4, 0.5) is 0 Å². The number of nitrogens with two attached hydrogens (primary N) is 4. The van der Waals surface area contributed by atoms with Crippen molar-refractivity contribution in [3.05, 3.63) is 0 Å². The monoisotopic (exact) mass is 146 g/mol. The van der Waals surface area contributed by atoms with E-state index in [9.17, 15) is 0 Å². The summed E-state index contributed by atoms with van der Waals surface area (Å²) in [5, 5.41) is 0. The van der Waals surface area contributed by atoms with Crippen molar-refractivity contribution in [2.45, 2.75) is 18.4 Å². The zero-order valence-corrected chi connectivity index (χ0v) is 5.73. The van der Waals surface area contributed by atoms with E-state index in [0.29, 0.717) is 6.61 Å². The van der Waals surface area contributed by atoms with Crippen molar-refractivity contribution in [3.63, 3.8) is 0 Å². The molecule has 1 aliphatic heterocycles. The molecule has 1 saturated heterocycles. The molecular weight excluding hydrogens is 132 g/mol. The van der Waals surface area contributed by atoms with Crippen LogP contribution in [0.25, 0.3) is 0 Å². The second-order valence-electron chi connectivity index (χ2n) is 2.60. The van der Waals surface area contributed by atoms with Crippen molar-refractivity contribution in [1.82, 2.24) is 0 Å². The smallest absolute Gasteiger partial charge is 0.0893 e. The third kappa shape index (κ3) is 1.65. The Morgan fingerprint density at radius 2 is 1.50 bits per heavy atom. The van der Waals surface area contributed by atoms with Crippen LogP contribution in [0.5, 0.6) is 0 Å². The number of hydrogen-bond donors (Lipinski definition) is 4. The molecule has 8 N–H and O–H groups in total. The first kappa shape index (κ1) is 7.90. The van der Waals surface area contributed by atoms with Gasteiger partial charge in [-0.3, -0.25) is 0 Å². The zero-order valence-electron chi connectivity index (χ0n) is 5.73. The quantitative estimate of drug-likeness (QED) is 0.259. The van der Waals surface area contributed by atoms with E-state index in [1.54, 1.807) is 0 Å². The van der Waals surface area contributed by atoms with Gasteiger partial charge in [0, 0.05) is 5.92 Å². The molecule has 1 atom stereocenters. The first-order chi connectivity index (χ1) is 4.63. The standard InChI is InChI=1S/C5H14N4O/c6-4(7)3(5(8)9)2-1-10-2/h2-5H,1,6-9H2. The Balaban J connectivity index is 2.41. The number of rotatable bonds is 3. The molecular formula is C5H14N4O. The van der Waals surface area contributed by atoms with Gasteiger partial charge in [0.25, 0.3) is 0 Å². The maximum atomic E-state index is 5.42. The fourth-order valence-electron chi connectivity index (χ4n) is 1.03. The van der Waals surface area contributed by atoms with E-state index in [2.05, 4.69) is 0 Å². The SMILES string of the molecule is NC(N)C(C(N)N)C1CO1. The molecule has 0 aliphatic carbocycles. The lowest BCUT2D eigenvalue weighted by atomic mass is 10.0. The normalized spacial score (nSPS) is 24.9. The van der Waals surface area contributed by atoms with Gasteiger partial charge in [0.15, 0.2) is 0 Å². The third-order valence-corrected chi connectivity index (χ3v) is 1.68. The van der Waals surface area contributed by atoms with E-state index in [0.717, 1.165) is 0 Å². The second kappa shape index (κ2) is 2.81. The molecule has 1 heterocycles. The van der Waals surface area contributed by atoms with Gasteiger partial charge in [-0.15, -0.1) is 0 Å². The summed E-state index contributed by atoms with van der Waals surface area (Å²) in [4.78, 5) is 0. The molecule has 5 nitrogen and oxygen atoms in total. The van der Waals surface area contributed by atoms with E-state index in [1.807, 2.05) is 0 Å². The van der Waals surface area contributed by atoms with Gasteiger partial charge < -0.3 is 27.7 Å². The van der Waals surface area contributed by atoms with Crippen LogP contribution < -0.4 is 22.9 Å². The van der Waals surface area contributed by atoms with Gasteiger partial charge in [0.2, 0.25) is 0 Å². The van der Waals surface area contributed by atoms with Crippen LogP contribution in [0, 0.1) is 5.92 Å². The highest BCUT2D eigenvalue weighted by molar-refractivity contribution is 4.88. The largest absolute Gasteiger partial charge is 0.373 e. The summed E-state index contributed by atoms with van der Waals surface area (Å²) in [6, 6.07) is 0. The summed E-state index contributed by atoms with van der Waals surface area (Å²) in [7, 11) is 0. The molecule has 1 aliphatic rings. The molecule has 0 aromatic carbocycles. The fourth-order valence-corrected chi connectivity index (χ4v) is 1.03. The lowest BCUT2D eigenvalue weighted by molar-refractivity contribution is 0.261. The van der Waals surface area contributed by atoms with E-state index >= 15 is 0 Å². The van der Waals surface area contributed by atoms with Gasteiger partial charge in [0.05, 0.1) is 25.0 Å². The Morgan fingerprint density at radius 3 is 1.60 bits per heavy atom. The minimum atomic E-state index is -0.479. The molecule has 1 unspecified atom stereocenters. The van der Waals surface area contributed by atoms with Crippen LogP contribution in [0.2, 0.25) is 0 Å². The van der Waals surface area contributed by atoms with Crippen molar-refractivity contribution in [1.29, 1.82) is 0 Å². The van der Waals surface area contributed by atoms with Crippen LogP contribution in [-0.2, 0) is 4.74 Å². The zero-order chi connectivity index (χ0) is 7.72. The van der Waals surface area contributed by atoms with Crippen LogP contribution in [0.1, 0.15) is 0 Å². The minimum Gasteiger partial charge on any atom is -0.373 e. The van der Waals surface area contributed by atoms with Gasteiger partial charge in [0.1, 0.15) is 0 Å². The molecule has 0 bridgehead atoms. The Morgan fingerprint density at radius 1 is 1.10 bits per heavy atom. The Kier molecular flexibility index (Phi) is 2.22. The topological polar surface area (TPSA) is 117 Å². The van der Waals surface area contributed by atoms with Crippen molar-refractivity contribution in [2.75, 3.05) is 6.61 Å². The predicted octanol–water partition coefficient (Wildman–Crippen LogP) is -2.51. The highest BCUT2D eigenvalue weighted by Gasteiger charge is 2.37. The van der Waals surface area contributed by atoms with E-state index in [1.165, 1.54) is 0 Å². The van der Waals surface area contributed by atoms with Crippen molar-refractivity contribution < 1.29 is 4.74 Å². The van der Waals surface area contributed by atoms with Crippen molar-refractivity contribution in [3.8, 4) is 0 Å². The van der Waals surface area contributed by atoms with Crippen LogP contribution >= 0.6 is 0 Å². The number of hydrogen-bond acceptors (Lipinski definition) is 5. The van der Waals surface area contributed by atoms with Crippen LogP contribution in [0.15, 0.2) is 0 Å². The van der Waals surface area contributed by atoms with Gasteiger partial charge in [-0.2, -0.15) is 0 Å². The lowest BCUT2D eigenvalue weighted by Gasteiger charge is -2.21. The van der Waals surface area contributed by atoms with Crippen LogP contribution in [0.3, 0.4) is 0 Å². The minimum absolute atomic E-state index is 0.0833. The van der Waals surface area contributed by atoms with E-state index in [4.69, 9.17) is 27.7 Å². The summed E-state index contributed by atoms with van der Waals surface area (Å²) < 4.78 is 4.97. The molecule has 0 radical (unpaired) electrons. The van der Waals surface area contributed by atoms with E-state index in [-0.39, 0.29) is 12.0 Å². The summed E-state index contributed by atoms with van der Waals surface area (Å²) in [6.07, 6.45) is -0.875. The predicted molar refractivity (Wildman–Crippen MR) is 37.6 cm³/mol. The summed E-state index contributed by atoms with van der Waals surface area (Å²) >= 11 is 0. The average Bonchev–Trinajstić information content (AvgIpc) is 2.46. The highest BCUT2D eigenvalue weighted by Crippen LogP contribution is 2.21. The second-order valence-corrected chi connectivity index (χ2v) is 2.60. The van der Waals surface area contributed by atoms with Gasteiger partial charge in [-0.25, -0.2) is 0 Å². The third-order valence-electron chi connectivity index (χ3n) is 1.68. The number of ether oxygens (including phenoxy) is 1. The van der Waals surface area contributed by atoms with Gasteiger partial charge in [-0.05, 0) is 0 Å². The molecule has 0 aromatic rings. The molecule has 60 valence electrons. The molecule has 1 fully saturated rings. The average molecular weight is 146 g/mol. The Hall–Kier alpha value is -0.200. The molecule has 0 amide bonds. The molecule has 1 rings (SSSR count). The lowest BCUT2D eigenvalue weighted by Crippen LogP contribution is -2.54. The van der Waals surface area contributed by atoms with Crippen molar-refractivity contribution >= 4 is 0 Å². The molecule has 0 spiro atoms.